The Kier molecular flexibility index (Phi) is 3.47. The Labute approximate surface area is 139 Å². The molecule has 0 bridgehead atoms. The molecule has 4 nitrogen and oxygen atoms in total. The zero-order valence-electron chi connectivity index (χ0n) is 13.1. The summed E-state index contributed by atoms with van der Waals surface area (Å²) in [7, 11) is -3.65. The van der Waals surface area contributed by atoms with Crippen molar-refractivity contribution in [3.8, 4) is 0 Å². The van der Waals surface area contributed by atoms with Gasteiger partial charge in [0.15, 0.2) is 0 Å². The summed E-state index contributed by atoms with van der Waals surface area (Å²) < 4.78 is 40.6. The zero-order valence-corrected chi connectivity index (χ0v) is 14.0. The summed E-state index contributed by atoms with van der Waals surface area (Å²) in [5, 5.41) is 1.16. The lowest BCUT2D eigenvalue weighted by Crippen LogP contribution is -2.35. The van der Waals surface area contributed by atoms with E-state index in [1.54, 1.807) is 0 Å². The van der Waals surface area contributed by atoms with Crippen molar-refractivity contribution in [2.45, 2.75) is 30.7 Å². The first kappa shape index (κ1) is 15.4. The van der Waals surface area contributed by atoms with Gasteiger partial charge >= 0.3 is 0 Å². The molecular formula is C18H17FN2O2S. The number of benzene rings is 2. The van der Waals surface area contributed by atoms with Gasteiger partial charge in [-0.05, 0) is 55.3 Å². The van der Waals surface area contributed by atoms with Crippen LogP contribution in [0, 0.1) is 12.7 Å². The van der Waals surface area contributed by atoms with Crippen LogP contribution in [0.4, 0.5) is 4.39 Å². The maximum Gasteiger partial charge on any atom is 0.240 e. The summed E-state index contributed by atoms with van der Waals surface area (Å²) in [6, 6.07) is 10.9. The van der Waals surface area contributed by atoms with Gasteiger partial charge in [0.2, 0.25) is 10.0 Å². The molecule has 1 atom stereocenters. The van der Waals surface area contributed by atoms with Gasteiger partial charge < -0.3 is 4.98 Å². The first-order valence-corrected chi connectivity index (χ1v) is 9.29. The molecular weight excluding hydrogens is 327 g/mol. The molecule has 2 N–H and O–H groups in total. The number of rotatable bonds is 3. The topological polar surface area (TPSA) is 62.0 Å². The number of aromatic amines is 1. The maximum atomic E-state index is 13.0. The fourth-order valence-corrected chi connectivity index (χ4v) is 4.61. The molecule has 1 unspecified atom stereocenters. The Balaban J connectivity index is 1.58. The average molecular weight is 344 g/mol. The Hall–Kier alpha value is -2.18. The Morgan fingerprint density at radius 1 is 1.12 bits per heavy atom. The van der Waals surface area contributed by atoms with Crippen LogP contribution in [0.1, 0.15) is 16.8 Å². The van der Waals surface area contributed by atoms with E-state index in [1.165, 1.54) is 23.3 Å². The molecule has 6 heteroatoms. The van der Waals surface area contributed by atoms with Crippen molar-refractivity contribution in [1.82, 2.24) is 9.71 Å². The van der Waals surface area contributed by atoms with E-state index in [0.29, 0.717) is 12.8 Å². The number of aryl methyl sites for hydroxylation is 1. The highest BCUT2D eigenvalue weighted by Gasteiger charge is 2.29. The second-order valence-electron chi connectivity index (χ2n) is 6.31. The van der Waals surface area contributed by atoms with Crippen molar-refractivity contribution < 1.29 is 12.8 Å². The van der Waals surface area contributed by atoms with Gasteiger partial charge in [-0.1, -0.05) is 11.6 Å². The van der Waals surface area contributed by atoms with E-state index in [0.717, 1.165) is 28.7 Å². The second kappa shape index (κ2) is 5.43. The van der Waals surface area contributed by atoms with E-state index < -0.39 is 15.8 Å². The van der Waals surface area contributed by atoms with E-state index in [2.05, 4.69) is 27.9 Å². The van der Waals surface area contributed by atoms with E-state index in [4.69, 9.17) is 0 Å². The van der Waals surface area contributed by atoms with Crippen molar-refractivity contribution in [2.24, 2.45) is 0 Å². The lowest BCUT2D eigenvalue weighted by molar-refractivity contribution is 0.554. The van der Waals surface area contributed by atoms with Gasteiger partial charge in [0.1, 0.15) is 5.82 Å². The van der Waals surface area contributed by atoms with E-state index >= 15 is 0 Å². The van der Waals surface area contributed by atoms with Crippen molar-refractivity contribution in [2.75, 3.05) is 0 Å². The third-order valence-corrected chi connectivity index (χ3v) is 6.03. The third-order valence-electron chi connectivity index (χ3n) is 4.50. The zero-order chi connectivity index (χ0) is 16.9. The van der Waals surface area contributed by atoms with Gasteiger partial charge in [0.25, 0.3) is 0 Å². The van der Waals surface area contributed by atoms with Gasteiger partial charge in [-0.25, -0.2) is 17.5 Å². The second-order valence-corrected chi connectivity index (χ2v) is 8.03. The SMILES string of the molecule is Cc1ccc2[nH]c3c(c2c1)CC(NS(=O)(=O)c1ccc(F)cc1)C3. The van der Waals surface area contributed by atoms with E-state index in [-0.39, 0.29) is 10.9 Å². The van der Waals surface area contributed by atoms with Crippen LogP contribution >= 0.6 is 0 Å². The van der Waals surface area contributed by atoms with Gasteiger partial charge in [0, 0.05) is 29.1 Å². The molecule has 0 saturated heterocycles. The third kappa shape index (κ3) is 2.61. The van der Waals surface area contributed by atoms with E-state index in [1.807, 2.05) is 6.92 Å². The summed E-state index contributed by atoms with van der Waals surface area (Å²) >= 11 is 0. The molecule has 1 aromatic heterocycles. The number of nitrogens with one attached hydrogen (secondary N) is 2. The molecule has 0 amide bonds. The summed E-state index contributed by atoms with van der Waals surface area (Å²) in [6.45, 7) is 2.04. The van der Waals surface area contributed by atoms with Crippen molar-refractivity contribution in [1.29, 1.82) is 0 Å². The monoisotopic (exact) mass is 344 g/mol. The summed E-state index contributed by atoms with van der Waals surface area (Å²) in [5.74, 6) is -0.452. The fourth-order valence-electron chi connectivity index (χ4n) is 3.37. The lowest BCUT2D eigenvalue weighted by Gasteiger charge is -2.13. The van der Waals surface area contributed by atoms with Crippen LogP contribution < -0.4 is 4.72 Å². The number of fused-ring (bicyclic) bond motifs is 3. The van der Waals surface area contributed by atoms with Crippen LogP contribution in [0.2, 0.25) is 0 Å². The molecule has 2 aromatic carbocycles. The highest BCUT2D eigenvalue weighted by Crippen LogP contribution is 2.31. The molecule has 1 heterocycles. The number of halogens is 1. The number of H-pyrrole nitrogens is 1. The number of hydrogen-bond acceptors (Lipinski definition) is 2. The molecule has 3 aromatic rings. The molecule has 0 fully saturated rings. The molecule has 1 aliphatic carbocycles. The molecule has 24 heavy (non-hydrogen) atoms. The fraction of sp³-hybridized carbons (Fsp3) is 0.222. The van der Waals surface area contributed by atoms with Crippen molar-refractivity contribution in [3.05, 3.63) is 65.1 Å². The molecule has 0 radical (unpaired) electrons. The van der Waals surface area contributed by atoms with E-state index in [9.17, 15) is 12.8 Å². The summed E-state index contributed by atoms with van der Waals surface area (Å²) in [6.07, 6.45) is 1.28. The van der Waals surface area contributed by atoms with Crippen LogP contribution in [-0.2, 0) is 22.9 Å². The van der Waals surface area contributed by atoms with Crippen LogP contribution in [0.5, 0.6) is 0 Å². The van der Waals surface area contributed by atoms with Crippen LogP contribution in [0.3, 0.4) is 0 Å². The number of aromatic nitrogens is 1. The van der Waals surface area contributed by atoms with Gasteiger partial charge in [0.05, 0.1) is 4.90 Å². The number of hydrogen-bond donors (Lipinski definition) is 2. The van der Waals surface area contributed by atoms with Crippen LogP contribution in [0.15, 0.2) is 47.4 Å². The molecule has 0 saturated carbocycles. The summed E-state index contributed by atoms with van der Waals surface area (Å²) in [4.78, 5) is 3.47. The first-order valence-electron chi connectivity index (χ1n) is 7.80. The smallest absolute Gasteiger partial charge is 0.240 e. The predicted octanol–water partition coefficient (Wildman–Crippen LogP) is 3.06. The number of sulfonamides is 1. The Morgan fingerprint density at radius 2 is 1.88 bits per heavy atom. The molecule has 1 aliphatic rings. The van der Waals surface area contributed by atoms with Crippen LogP contribution in [0.25, 0.3) is 10.9 Å². The molecule has 0 aliphatic heterocycles. The Morgan fingerprint density at radius 3 is 2.62 bits per heavy atom. The van der Waals surface area contributed by atoms with Crippen molar-refractivity contribution in [3.63, 3.8) is 0 Å². The minimum Gasteiger partial charge on any atom is -0.358 e. The molecule has 124 valence electrons. The largest absolute Gasteiger partial charge is 0.358 e. The Bertz CT molecular complexity index is 1020. The normalized spacial score (nSPS) is 17.3. The van der Waals surface area contributed by atoms with Crippen LogP contribution in [-0.4, -0.2) is 19.4 Å². The maximum absolute atomic E-state index is 13.0. The quantitative estimate of drug-likeness (QED) is 0.767. The van der Waals surface area contributed by atoms with Gasteiger partial charge in [-0.3, -0.25) is 0 Å². The minimum absolute atomic E-state index is 0.0835. The minimum atomic E-state index is -3.65. The predicted molar refractivity (Wildman–Crippen MR) is 91.0 cm³/mol. The summed E-state index contributed by atoms with van der Waals surface area (Å²) in [5.41, 5.74) is 4.54. The molecule has 0 spiro atoms. The van der Waals surface area contributed by atoms with Gasteiger partial charge in [-0.15, -0.1) is 0 Å². The standard InChI is InChI=1S/C18H17FN2O2S/c1-11-2-7-17-15(8-11)16-9-13(10-18(16)20-17)21-24(22,23)14-5-3-12(19)4-6-14/h2-8,13,20-21H,9-10H2,1H3. The first-order chi connectivity index (χ1) is 11.4. The van der Waals surface area contributed by atoms with Gasteiger partial charge in [-0.2, -0.15) is 0 Å². The lowest BCUT2D eigenvalue weighted by atomic mass is 10.1. The van der Waals surface area contributed by atoms with Crippen molar-refractivity contribution >= 4 is 20.9 Å². The highest BCUT2D eigenvalue weighted by atomic mass is 32.2. The average Bonchev–Trinajstić information content (AvgIpc) is 3.04. The molecule has 4 rings (SSSR count). The highest BCUT2D eigenvalue weighted by molar-refractivity contribution is 7.89.